The average molecular weight is 492 g/mol. The van der Waals surface area contributed by atoms with Crippen LogP contribution in [0.25, 0.3) is 0 Å². The molecule has 1 saturated heterocycles. The molecule has 3 aromatic carbocycles. The monoisotopic (exact) mass is 491 g/mol. The summed E-state index contributed by atoms with van der Waals surface area (Å²) in [7, 11) is 0. The van der Waals surface area contributed by atoms with Gasteiger partial charge in [0.05, 0.1) is 6.10 Å². The zero-order valence-electron chi connectivity index (χ0n) is 20.6. The Hall–Kier alpha value is -3.06. The zero-order valence-corrected chi connectivity index (χ0v) is 20.6. The summed E-state index contributed by atoms with van der Waals surface area (Å²) in [6.07, 6.45) is 0.427. The molecule has 4 rings (SSSR count). The fourth-order valence-corrected chi connectivity index (χ4v) is 4.85. The molecule has 0 saturated carbocycles. The molecular formula is C30H34FNO4. The standard InChI is InChI=1S/C30H34FNO4/c1-22(33)36-29(24-12-14-27(31)15-13-24)21-32-18-16-23(28(34)20-32)17-19-35-30(25-8-4-2-5-9-25)26-10-6-3-7-11-26/h2-15,23,28-30,34H,16-21H2,1H3/t23-,28+,29-/m1/s1. The van der Waals surface area contributed by atoms with E-state index in [4.69, 9.17) is 9.47 Å². The number of nitrogens with zero attached hydrogens (tertiary/aromatic N) is 1. The number of hydrogen-bond donors (Lipinski definition) is 1. The number of piperidine rings is 1. The number of halogens is 1. The lowest BCUT2D eigenvalue weighted by Gasteiger charge is -2.37. The molecule has 1 fully saturated rings. The van der Waals surface area contributed by atoms with Crippen LogP contribution in [0.15, 0.2) is 84.9 Å². The number of aliphatic hydroxyl groups excluding tert-OH is 1. The van der Waals surface area contributed by atoms with Crippen molar-refractivity contribution < 1.29 is 23.8 Å². The Morgan fingerprint density at radius 3 is 2.14 bits per heavy atom. The zero-order chi connectivity index (χ0) is 25.3. The summed E-state index contributed by atoms with van der Waals surface area (Å²) in [6.45, 7) is 3.64. The number of carbonyl (C=O) groups excluding carboxylic acids is 1. The van der Waals surface area contributed by atoms with Gasteiger partial charge in [-0.2, -0.15) is 0 Å². The molecule has 0 aliphatic carbocycles. The number of hydrogen-bond acceptors (Lipinski definition) is 5. The van der Waals surface area contributed by atoms with Gasteiger partial charge in [-0.1, -0.05) is 72.8 Å². The number of aliphatic hydroxyl groups is 1. The molecule has 1 aliphatic rings. The first-order valence-corrected chi connectivity index (χ1v) is 12.5. The van der Waals surface area contributed by atoms with Gasteiger partial charge in [-0.25, -0.2) is 4.39 Å². The predicted molar refractivity (Wildman–Crippen MR) is 137 cm³/mol. The molecule has 5 nitrogen and oxygen atoms in total. The van der Waals surface area contributed by atoms with E-state index in [1.807, 2.05) is 36.4 Å². The van der Waals surface area contributed by atoms with E-state index in [0.29, 0.717) is 19.7 Å². The number of β-amino-alcohol motifs (C(OH)–C–C–N with tert-alkyl or cyclic N) is 1. The Morgan fingerprint density at radius 2 is 1.58 bits per heavy atom. The van der Waals surface area contributed by atoms with Crippen molar-refractivity contribution >= 4 is 5.97 Å². The van der Waals surface area contributed by atoms with Crippen LogP contribution in [0.4, 0.5) is 4.39 Å². The highest BCUT2D eigenvalue weighted by molar-refractivity contribution is 5.66. The fraction of sp³-hybridized carbons (Fsp3) is 0.367. The van der Waals surface area contributed by atoms with Crippen molar-refractivity contribution in [3.8, 4) is 0 Å². The largest absolute Gasteiger partial charge is 0.456 e. The second-order valence-corrected chi connectivity index (χ2v) is 9.39. The Labute approximate surface area is 212 Å². The molecule has 0 aromatic heterocycles. The van der Waals surface area contributed by atoms with Gasteiger partial charge in [-0.3, -0.25) is 9.69 Å². The third-order valence-electron chi connectivity index (χ3n) is 6.76. The van der Waals surface area contributed by atoms with Gasteiger partial charge >= 0.3 is 5.97 Å². The average Bonchev–Trinajstić information content (AvgIpc) is 2.88. The van der Waals surface area contributed by atoms with Gasteiger partial charge in [0.25, 0.3) is 0 Å². The lowest BCUT2D eigenvalue weighted by Crippen LogP contribution is -2.45. The molecule has 3 aromatic rings. The number of carbonyl (C=O) groups is 1. The number of likely N-dealkylation sites (tertiary alicyclic amines) is 1. The summed E-state index contributed by atoms with van der Waals surface area (Å²) in [4.78, 5) is 13.8. The van der Waals surface area contributed by atoms with Crippen LogP contribution < -0.4 is 0 Å². The molecule has 3 atom stereocenters. The van der Waals surface area contributed by atoms with Crippen LogP contribution >= 0.6 is 0 Å². The lowest BCUT2D eigenvalue weighted by molar-refractivity contribution is -0.148. The van der Waals surface area contributed by atoms with Crippen molar-refractivity contribution in [3.05, 3.63) is 107 Å². The van der Waals surface area contributed by atoms with E-state index in [0.717, 1.165) is 36.1 Å². The molecule has 1 heterocycles. The number of ether oxygens (including phenoxy) is 2. The molecule has 36 heavy (non-hydrogen) atoms. The first kappa shape index (κ1) is 26.0. The van der Waals surface area contributed by atoms with Crippen LogP contribution in [0.3, 0.4) is 0 Å². The molecule has 190 valence electrons. The third kappa shape index (κ3) is 7.23. The molecule has 1 N–H and O–H groups in total. The van der Waals surface area contributed by atoms with Gasteiger partial charge in [0.15, 0.2) is 0 Å². The van der Waals surface area contributed by atoms with Gasteiger partial charge in [0.2, 0.25) is 0 Å². The minimum atomic E-state index is -0.507. The molecule has 0 amide bonds. The molecule has 1 aliphatic heterocycles. The topological polar surface area (TPSA) is 59.0 Å². The number of benzene rings is 3. The van der Waals surface area contributed by atoms with Crippen molar-refractivity contribution in [1.29, 1.82) is 0 Å². The van der Waals surface area contributed by atoms with Crippen LogP contribution in [0.5, 0.6) is 0 Å². The van der Waals surface area contributed by atoms with E-state index in [9.17, 15) is 14.3 Å². The quantitative estimate of drug-likeness (QED) is 0.390. The summed E-state index contributed by atoms with van der Waals surface area (Å²) in [5, 5.41) is 10.9. The summed E-state index contributed by atoms with van der Waals surface area (Å²) >= 11 is 0. The van der Waals surface area contributed by atoms with Crippen molar-refractivity contribution in [2.24, 2.45) is 5.92 Å². The van der Waals surface area contributed by atoms with Crippen molar-refractivity contribution in [1.82, 2.24) is 4.90 Å². The molecule has 0 bridgehead atoms. The van der Waals surface area contributed by atoms with Gasteiger partial charge in [-0.05, 0) is 54.1 Å². The van der Waals surface area contributed by atoms with Crippen LogP contribution in [0.1, 0.15) is 48.7 Å². The maximum absolute atomic E-state index is 13.3. The van der Waals surface area contributed by atoms with Crippen LogP contribution in [-0.4, -0.2) is 48.3 Å². The van der Waals surface area contributed by atoms with Gasteiger partial charge in [0, 0.05) is 26.6 Å². The summed E-state index contributed by atoms with van der Waals surface area (Å²) in [5.74, 6) is -0.588. The van der Waals surface area contributed by atoms with E-state index in [1.54, 1.807) is 12.1 Å². The molecular weight excluding hydrogens is 457 g/mol. The molecule has 0 spiro atoms. The molecule has 0 unspecified atom stereocenters. The van der Waals surface area contributed by atoms with E-state index in [2.05, 4.69) is 29.2 Å². The van der Waals surface area contributed by atoms with E-state index in [1.165, 1.54) is 19.1 Å². The van der Waals surface area contributed by atoms with Crippen LogP contribution in [-0.2, 0) is 14.3 Å². The van der Waals surface area contributed by atoms with Crippen LogP contribution in [0, 0.1) is 11.7 Å². The fourth-order valence-electron chi connectivity index (χ4n) is 4.85. The van der Waals surface area contributed by atoms with E-state index in [-0.39, 0.29) is 23.8 Å². The van der Waals surface area contributed by atoms with Crippen LogP contribution in [0.2, 0.25) is 0 Å². The number of esters is 1. The Bertz CT molecular complexity index is 1040. The Balaban J connectivity index is 1.31. The molecule has 6 heteroatoms. The highest BCUT2D eigenvalue weighted by Gasteiger charge is 2.30. The van der Waals surface area contributed by atoms with E-state index < -0.39 is 12.2 Å². The van der Waals surface area contributed by atoms with Gasteiger partial charge in [0.1, 0.15) is 18.0 Å². The van der Waals surface area contributed by atoms with Crippen molar-refractivity contribution in [2.45, 2.75) is 38.1 Å². The first-order chi connectivity index (χ1) is 17.5. The summed E-state index contributed by atoms with van der Waals surface area (Å²) in [6, 6.07) is 26.4. The highest BCUT2D eigenvalue weighted by atomic mass is 19.1. The minimum absolute atomic E-state index is 0.131. The maximum atomic E-state index is 13.3. The van der Waals surface area contributed by atoms with Crippen molar-refractivity contribution in [3.63, 3.8) is 0 Å². The van der Waals surface area contributed by atoms with Crippen molar-refractivity contribution in [2.75, 3.05) is 26.2 Å². The highest BCUT2D eigenvalue weighted by Crippen LogP contribution is 2.29. The Morgan fingerprint density at radius 1 is 0.972 bits per heavy atom. The SMILES string of the molecule is CC(=O)O[C@H](CN1CC[C@H](CCOC(c2ccccc2)c2ccccc2)[C@@H](O)C1)c1ccc(F)cc1. The maximum Gasteiger partial charge on any atom is 0.303 e. The van der Waals surface area contributed by atoms with Gasteiger partial charge < -0.3 is 14.6 Å². The smallest absolute Gasteiger partial charge is 0.303 e. The second-order valence-electron chi connectivity index (χ2n) is 9.39. The summed E-state index contributed by atoms with van der Waals surface area (Å²) in [5.41, 5.74) is 2.96. The second kappa shape index (κ2) is 12.8. The predicted octanol–water partition coefficient (Wildman–Crippen LogP) is 5.31. The lowest BCUT2D eigenvalue weighted by atomic mass is 9.90. The molecule has 0 radical (unpaired) electrons. The third-order valence-corrected chi connectivity index (χ3v) is 6.76. The number of rotatable bonds is 10. The minimum Gasteiger partial charge on any atom is -0.456 e. The summed E-state index contributed by atoms with van der Waals surface area (Å²) < 4.78 is 25.2. The normalized spacial score (nSPS) is 19.2. The Kier molecular flexibility index (Phi) is 9.23. The van der Waals surface area contributed by atoms with Gasteiger partial charge in [-0.15, -0.1) is 0 Å². The first-order valence-electron chi connectivity index (χ1n) is 12.5. The van der Waals surface area contributed by atoms with E-state index >= 15 is 0 Å².